The van der Waals surface area contributed by atoms with E-state index in [2.05, 4.69) is 0 Å². The minimum Gasteiger partial charge on any atom is -0.494 e. The molecule has 0 saturated carbocycles. The summed E-state index contributed by atoms with van der Waals surface area (Å²) in [7, 11) is 4.44. The van der Waals surface area contributed by atoms with Gasteiger partial charge < -0.3 is 14.2 Å². The first-order valence-corrected chi connectivity index (χ1v) is 4.99. The molecule has 0 aliphatic heterocycles. The number of carbonyl (C=O) groups is 1. The van der Waals surface area contributed by atoms with E-state index in [4.69, 9.17) is 25.8 Å². The fourth-order valence-electron chi connectivity index (χ4n) is 1.91. The van der Waals surface area contributed by atoms with Crippen LogP contribution in [-0.4, -0.2) is 32.9 Å². The fourth-order valence-corrected chi connectivity index (χ4v) is 2.19. The molecular formula is C10H15ClO4. The van der Waals surface area contributed by atoms with Crippen LogP contribution in [0.2, 0.25) is 0 Å². The van der Waals surface area contributed by atoms with Crippen molar-refractivity contribution >= 4 is 17.4 Å². The molecule has 86 valence electrons. The molecule has 5 heteroatoms. The lowest BCUT2D eigenvalue weighted by Crippen LogP contribution is -2.47. The lowest BCUT2D eigenvalue weighted by atomic mass is 9.87. The minimum absolute atomic E-state index is 0.0549. The van der Waals surface area contributed by atoms with Crippen molar-refractivity contribution in [2.24, 2.45) is 5.92 Å². The average Bonchev–Trinajstić information content (AvgIpc) is 2.23. The number of allylic oxidation sites excluding steroid dienone is 1. The Bertz CT molecular complexity index is 294. The van der Waals surface area contributed by atoms with E-state index in [1.54, 1.807) is 0 Å². The third kappa shape index (κ3) is 1.77. The molecule has 0 spiro atoms. The van der Waals surface area contributed by atoms with Crippen molar-refractivity contribution in [3.8, 4) is 0 Å². The maximum atomic E-state index is 11.5. The van der Waals surface area contributed by atoms with Gasteiger partial charge in [0.2, 0.25) is 5.79 Å². The van der Waals surface area contributed by atoms with Crippen molar-refractivity contribution in [3.63, 3.8) is 0 Å². The van der Waals surface area contributed by atoms with E-state index in [1.807, 2.05) is 6.92 Å². The van der Waals surface area contributed by atoms with Gasteiger partial charge in [0.1, 0.15) is 5.03 Å². The molecule has 4 nitrogen and oxygen atoms in total. The highest BCUT2D eigenvalue weighted by molar-refractivity contribution is 6.43. The van der Waals surface area contributed by atoms with Crippen molar-refractivity contribution in [1.82, 2.24) is 0 Å². The molecule has 1 atom stereocenters. The van der Waals surface area contributed by atoms with Crippen LogP contribution in [0.3, 0.4) is 0 Å². The number of methoxy groups -OCH3 is 3. The fraction of sp³-hybridized carbons (Fsp3) is 0.700. The van der Waals surface area contributed by atoms with Crippen LogP contribution < -0.4 is 0 Å². The Morgan fingerprint density at radius 1 is 1.33 bits per heavy atom. The number of carbonyl (C=O) groups excluding carboxylic acids is 1. The minimum atomic E-state index is -1.06. The molecule has 1 aliphatic carbocycles. The molecule has 0 aromatic heterocycles. The van der Waals surface area contributed by atoms with Gasteiger partial charge in [-0.05, 0) is 0 Å². The third-order valence-corrected chi connectivity index (χ3v) is 3.09. The van der Waals surface area contributed by atoms with E-state index in [0.717, 1.165) is 0 Å². The summed E-state index contributed by atoms with van der Waals surface area (Å²) in [6, 6.07) is 0. The predicted octanol–water partition coefficient (Wildman–Crippen LogP) is 1.68. The maximum absolute atomic E-state index is 11.5. The summed E-state index contributed by atoms with van der Waals surface area (Å²) in [5.74, 6) is -1.10. The van der Waals surface area contributed by atoms with Gasteiger partial charge in [-0.25, -0.2) is 0 Å². The Morgan fingerprint density at radius 3 is 2.27 bits per heavy atom. The smallest absolute Gasteiger partial charge is 0.231 e. The zero-order valence-electron chi connectivity index (χ0n) is 9.30. The maximum Gasteiger partial charge on any atom is 0.231 e. The van der Waals surface area contributed by atoms with E-state index >= 15 is 0 Å². The molecule has 0 fully saturated rings. The van der Waals surface area contributed by atoms with Crippen LogP contribution >= 0.6 is 11.6 Å². The number of ketones is 1. The average molecular weight is 235 g/mol. The molecule has 0 aromatic carbocycles. The number of halogens is 1. The Hall–Kier alpha value is -0.580. The van der Waals surface area contributed by atoms with Gasteiger partial charge >= 0.3 is 0 Å². The number of hydrogen-bond donors (Lipinski definition) is 0. The second-order valence-electron chi connectivity index (χ2n) is 3.45. The van der Waals surface area contributed by atoms with Gasteiger partial charge in [-0.3, -0.25) is 4.79 Å². The summed E-state index contributed by atoms with van der Waals surface area (Å²) in [6.07, 6.45) is 0.285. The van der Waals surface area contributed by atoms with Crippen LogP contribution in [-0.2, 0) is 19.0 Å². The van der Waals surface area contributed by atoms with Gasteiger partial charge in [0, 0.05) is 26.6 Å². The molecule has 1 aliphatic rings. The summed E-state index contributed by atoms with van der Waals surface area (Å²) in [4.78, 5) is 11.5. The number of rotatable bonds is 3. The van der Waals surface area contributed by atoms with Crippen LogP contribution in [0, 0.1) is 5.92 Å². The van der Waals surface area contributed by atoms with Crippen LogP contribution in [0.15, 0.2) is 10.8 Å². The lowest BCUT2D eigenvalue weighted by molar-refractivity contribution is -0.233. The van der Waals surface area contributed by atoms with E-state index in [1.165, 1.54) is 21.3 Å². The molecule has 0 bridgehead atoms. The van der Waals surface area contributed by atoms with Gasteiger partial charge in [0.15, 0.2) is 11.5 Å². The summed E-state index contributed by atoms with van der Waals surface area (Å²) in [5.41, 5.74) is 0. The van der Waals surface area contributed by atoms with Crippen LogP contribution in [0.25, 0.3) is 0 Å². The molecule has 0 radical (unpaired) electrons. The SMILES string of the molecule is COC1=C(Cl)C(=O)CC(C)C1(OC)OC. The Morgan fingerprint density at radius 2 is 1.87 bits per heavy atom. The first kappa shape index (κ1) is 12.5. The summed E-state index contributed by atoms with van der Waals surface area (Å²) in [5, 5.41) is 0.0549. The molecule has 0 amide bonds. The molecule has 0 aromatic rings. The predicted molar refractivity (Wildman–Crippen MR) is 55.4 cm³/mol. The Kier molecular flexibility index (Phi) is 3.76. The Balaban J connectivity index is 3.28. The van der Waals surface area contributed by atoms with Crippen molar-refractivity contribution in [2.75, 3.05) is 21.3 Å². The highest BCUT2D eigenvalue weighted by Crippen LogP contribution is 2.41. The molecule has 1 rings (SSSR count). The van der Waals surface area contributed by atoms with Crippen molar-refractivity contribution in [1.29, 1.82) is 0 Å². The van der Waals surface area contributed by atoms with E-state index in [-0.39, 0.29) is 28.9 Å². The normalized spacial score (nSPS) is 25.7. The van der Waals surface area contributed by atoms with Gasteiger partial charge in [-0.15, -0.1) is 0 Å². The Labute approximate surface area is 94.1 Å². The summed E-state index contributed by atoms with van der Waals surface area (Å²) >= 11 is 5.89. The monoisotopic (exact) mass is 234 g/mol. The zero-order valence-corrected chi connectivity index (χ0v) is 10.1. The van der Waals surface area contributed by atoms with Crippen LogP contribution in [0.4, 0.5) is 0 Å². The van der Waals surface area contributed by atoms with Crippen molar-refractivity contribution < 1.29 is 19.0 Å². The molecular weight excluding hydrogens is 220 g/mol. The van der Waals surface area contributed by atoms with E-state index in [9.17, 15) is 4.79 Å². The van der Waals surface area contributed by atoms with E-state index < -0.39 is 5.79 Å². The standard InChI is InChI=1S/C10H15ClO4/c1-6-5-7(12)8(11)9(13-2)10(6,14-3)15-4/h6H,5H2,1-4H3. The first-order valence-electron chi connectivity index (χ1n) is 4.61. The molecule has 0 saturated heterocycles. The third-order valence-electron chi connectivity index (χ3n) is 2.71. The second-order valence-corrected chi connectivity index (χ2v) is 3.83. The van der Waals surface area contributed by atoms with Gasteiger partial charge in [-0.1, -0.05) is 18.5 Å². The van der Waals surface area contributed by atoms with Gasteiger partial charge in [0.05, 0.1) is 7.11 Å². The van der Waals surface area contributed by atoms with Gasteiger partial charge in [0.25, 0.3) is 0 Å². The summed E-state index contributed by atoms with van der Waals surface area (Å²) < 4.78 is 15.8. The van der Waals surface area contributed by atoms with Crippen LogP contribution in [0.1, 0.15) is 13.3 Å². The molecule has 1 unspecified atom stereocenters. The first-order chi connectivity index (χ1) is 7.03. The number of ether oxygens (including phenoxy) is 3. The topological polar surface area (TPSA) is 44.8 Å². The summed E-state index contributed by atoms with van der Waals surface area (Å²) in [6.45, 7) is 1.85. The lowest BCUT2D eigenvalue weighted by Gasteiger charge is -2.39. The van der Waals surface area contributed by atoms with E-state index in [0.29, 0.717) is 0 Å². The molecule has 0 N–H and O–H groups in total. The molecule has 0 heterocycles. The highest BCUT2D eigenvalue weighted by atomic mass is 35.5. The van der Waals surface area contributed by atoms with Crippen molar-refractivity contribution in [3.05, 3.63) is 10.8 Å². The zero-order chi connectivity index (χ0) is 11.6. The van der Waals surface area contributed by atoms with Gasteiger partial charge in [-0.2, -0.15) is 0 Å². The second kappa shape index (κ2) is 4.51. The highest BCUT2D eigenvalue weighted by Gasteiger charge is 2.49. The number of Topliss-reactive ketones (excluding diaryl/α,β-unsaturated/α-hetero) is 1. The van der Waals surface area contributed by atoms with Crippen molar-refractivity contribution in [2.45, 2.75) is 19.1 Å². The molecule has 15 heavy (non-hydrogen) atoms. The quantitative estimate of drug-likeness (QED) is 0.697. The largest absolute Gasteiger partial charge is 0.494 e. The van der Waals surface area contributed by atoms with Crippen LogP contribution in [0.5, 0.6) is 0 Å². The number of hydrogen-bond acceptors (Lipinski definition) is 4.